The Morgan fingerprint density at radius 1 is 0.800 bits per heavy atom. The third-order valence-electron chi connectivity index (χ3n) is 3.29. The highest BCUT2D eigenvalue weighted by atomic mass is 16.1. The molecule has 0 saturated heterocycles. The average Bonchev–Trinajstić information content (AvgIpc) is 2.47. The Bertz CT molecular complexity index is 288. The molecule has 0 saturated carbocycles. The molecule has 0 aliphatic carbocycles. The van der Waals surface area contributed by atoms with Crippen LogP contribution in [0.3, 0.4) is 0 Å². The molecule has 0 aliphatic rings. The number of rotatable bonds is 14. The van der Waals surface area contributed by atoms with Gasteiger partial charge in [-0.15, -0.1) is 0 Å². The molecule has 114 valence electrons. The quantitative estimate of drug-likeness (QED) is 0.172. The van der Waals surface area contributed by atoms with E-state index in [1.807, 2.05) is 0 Å². The van der Waals surface area contributed by atoms with E-state index in [1.165, 1.54) is 57.8 Å². The van der Waals surface area contributed by atoms with Crippen molar-refractivity contribution in [2.24, 2.45) is 4.99 Å². The second-order valence-electron chi connectivity index (χ2n) is 5.20. The fourth-order valence-corrected chi connectivity index (χ4v) is 2.05. The van der Waals surface area contributed by atoms with E-state index in [1.54, 1.807) is 6.08 Å². The molecule has 2 heteroatoms. The lowest BCUT2D eigenvalue weighted by atomic mass is 10.1. The molecule has 0 spiro atoms. The van der Waals surface area contributed by atoms with Gasteiger partial charge in [0.2, 0.25) is 6.08 Å². The van der Waals surface area contributed by atoms with Crippen molar-refractivity contribution in [3.8, 4) is 0 Å². The van der Waals surface area contributed by atoms with Crippen LogP contribution in [0.5, 0.6) is 0 Å². The summed E-state index contributed by atoms with van der Waals surface area (Å²) in [6, 6.07) is 0. The summed E-state index contributed by atoms with van der Waals surface area (Å²) in [7, 11) is 0. The van der Waals surface area contributed by atoms with Crippen molar-refractivity contribution in [3.63, 3.8) is 0 Å². The maximum absolute atomic E-state index is 9.85. The van der Waals surface area contributed by atoms with E-state index < -0.39 is 0 Å². The third-order valence-corrected chi connectivity index (χ3v) is 3.29. The van der Waals surface area contributed by atoms with Gasteiger partial charge in [0.1, 0.15) is 0 Å². The van der Waals surface area contributed by atoms with Gasteiger partial charge in [-0.05, 0) is 38.5 Å². The first-order chi connectivity index (χ1) is 9.91. The van der Waals surface area contributed by atoms with E-state index in [0.29, 0.717) is 6.54 Å². The van der Waals surface area contributed by atoms with Gasteiger partial charge in [-0.1, -0.05) is 63.3 Å². The summed E-state index contributed by atoms with van der Waals surface area (Å²) < 4.78 is 0. The van der Waals surface area contributed by atoms with Crippen molar-refractivity contribution in [2.45, 2.75) is 77.6 Å². The molecular weight excluding hydrogens is 246 g/mol. The smallest absolute Gasteiger partial charge is 0.211 e. The van der Waals surface area contributed by atoms with E-state index in [0.717, 1.165) is 12.8 Å². The molecule has 0 amide bonds. The summed E-state index contributed by atoms with van der Waals surface area (Å²) in [5.74, 6) is 0. The molecule has 0 aromatic carbocycles. The van der Waals surface area contributed by atoms with Gasteiger partial charge >= 0.3 is 0 Å². The number of carbonyl (C=O) groups excluding carboxylic acids is 1. The standard InChI is InChI=1S/C18H31NO/c1-2-3-4-5-6-7-8-9-10-11-12-13-14-15-16-17-19-18-20/h6-7,9-10H,2-5,8,11-17H2,1H3/b7-6-,10-9-. The zero-order chi connectivity index (χ0) is 14.7. The van der Waals surface area contributed by atoms with Crippen LogP contribution in [0.1, 0.15) is 77.6 Å². The number of isocyanates is 1. The summed E-state index contributed by atoms with van der Waals surface area (Å²) in [6.45, 7) is 2.89. The van der Waals surface area contributed by atoms with E-state index in [4.69, 9.17) is 0 Å². The van der Waals surface area contributed by atoms with Gasteiger partial charge in [0.25, 0.3) is 0 Å². The van der Waals surface area contributed by atoms with Crippen LogP contribution >= 0.6 is 0 Å². The summed E-state index contributed by atoms with van der Waals surface area (Å²) in [5, 5.41) is 0. The lowest BCUT2D eigenvalue weighted by molar-refractivity contribution is 0.560. The summed E-state index contributed by atoms with van der Waals surface area (Å²) in [5.41, 5.74) is 0. The van der Waals surface area contributed by atoms with Gasteiger partial charge < -0.3 is 0 Å². The summed E-state index contributed by atoms with van der Waals surface area (Å²) in [4.78, 5) is 13.4. The fourth-order valence-electron chi connectivity index (χ4n) is 2.05. The minimum absolute atomic E-state index is 0.647. The van der Waals surface area contributed by atoms with E-state index in [9.17, 15) is 4.79 Å². The normalized spacial score (nSPS) is 11.2. The van der Waals surface area contributed by atoms with E-state index in [2.05, 4.69) is 36.2 Å². The molecular formula is C18H31NO. The second kappa shape index (κ2) is 17.9. The van der Waals surface area contributed by atoms with Crippen molar-refractivity contribution in [1.29, 1.82) is 0 Å². The zero-order valence-electron chi connectivity index (χ0n) is 13.2. The molecule has 0 unspecified atom stereocenters. The van der Waals surface area contributed by atoms with Gasteiger partial charge in [-0.2, -0.15) is 0 Å². The number of allylic oxidation sites excluding steroid dienone is 4. The number of aliphatic imine (C=N–C) groups is 1. The zero-order valence-corrected chi connectivity index (χ0v) is 13.2. The highest BCUT2D eigenvalue weighted by molar-refractivity contribution is 5.32. The maximum atomic E-state index is 9.85. The van der Waals surface area contributed by atoms with Crippen LogP contribution in [0.25, 0.3) is 0 Å². The Morgan fingerprint density at radius 2 is 1.40 bits per heavy atom. The third kappa shape index (κ3) is 16.9. The Hall–Kier alpha value is -1.14. The molecule has 0 bridgehead atoms. The first kappa shape index (κ1) is 18.9. The number of hydrogen-bond acceptors (Lipinski definition) is 2. The number of nitrogens with zero attached hydrogens (tertiary/aromatic N) is 1. The SMILES string of the molecule is CCCCC/C=C\C/C=C\CCCCCCCN=C=O. The lowest BCUT2D eigenvalue weighted by Crippen LogP contribution is -1.82. The van der Waals surface area contributed by atoms with Crippen LogP contribution in [-0.4, -0.2) is 12.6 Å². The second-order valence-corrected chi connectivity index (χ2v) is 5.20. The van der Waals surface area contributed by atoms with Crippen molar-refractivity contribution < 1.29 is 4.79 Å². The van der Waals surface area contributed by atoms with Gasteiger partial charge in [-0.3, -0.25) is 0 Å². The van der Waals surface area contributed by atoms with Gasteiger partial charge in [0, 0.05) is 0 Å². The van der Waals surface area contributed by atoms with Crippen molar-refractivity contribution in [1.82, 2.24) is 0 Å². The summed E-state index contributed by atoms with van der Waals surface area (Å²) in [6.07, 6.45) is 24.2. The highest BCUT2D eigenvalue weighted by Crippen LogP contribution is 2.06. The molecule has 0 N–H and O–H groups in total. The van der Waals surface area contributed by atoms with Crippen LogP contribution < -0.4 is 0 Å². The van der Waals surface area contributed by atoms with E-state index >= 15 is 0 Å². The molecule has 0 radical (unpaired) electrons. The minimum atomic E-state index is 0.647. The van der Waals surface area contributed by atoms with Gasteiger partial charge in [0.15, 0.2) is 0 Å². The fraction of sp³-hybridized carbons (Fsp3) is 0.722. The summed E-state index contributed by atoms with van der Waals surface area (Å²) >= 11 is 0. The molecule has 0 heterocycles. The predicted molar refractivity (Wildman–Crippen MR) is 87.7 cm³/mol. The monoisotopic (exact) mass is 277 g/mol. The molecule has 2 nitrogen and oxygen atoms in total. The largest absolute Gasteiger partial charge is 0.234 e. The predicted octanol–water partition coefficient (Wildman–Crippen LogP) is 5.75. The topological polar surface area (TPSA) is 29.4 Å². The Kier molecular flexibility index (Phi) is 16.8. The maximum Gasteiger partial charge on any atom is 0.234 e. The first-order valence-electron chi connectivity index (χ1n) is 8.25. The molecule has 0 rings (SSSR count). The van der Waals surface area contributed by atoms with Crippen LogP contribution in [0.4, 0.5) is 0 Å². The minimum Gasteiger partial charge on any atom is -0.211 e. The molecule has 20 heavy (non-hydrogen) atoms. The van der Waals surface area contributed by atoms with Crippen LogP contribution in [0, 0.1) is 0 Å². The Balaban J connectivity index is 3.17. The lowest BCUT2D eigenvalue weighted by Gasteiger charge is -1.97. The molecule has 0 aromatic heterocycles. The Labute approximate surface area is 125 Å². The first-order valence-corrected chi connectivity index (χ1v) is 8.25. The van der Waals surface area contributed by atoms with Crippen LogP contribution in [-0.2, 0) is 4.79 Å². The molecule has 0 aliphatic heterocycles. The van der Waals surface area contributed by atoms with Gasteiger partial charge in [-0.25, -0.2) is 9.79 Å². The van der Waals surface area contributed by atoms with Crippen LogP contribution in [0.15, 0.2) is 29.3 Å². The number of hydrogen-bond donors (Lipinski definition) is 0. The molecule has 0 atom stereocenters. The Morgan fingerprint density at radius 3 is 2.05 bits per heavy atom. The molecule has 0 aromatic rings. The highest BCUT2D eigenvalue weighted by Gasteiger charge is 1.89. The van der Waals surface area contributed by atoms with Crippen LogP contribution in [0.2, 0.25) is 0 Å². The van der Waals surface area contributed by atoms with Crippen molar-refractivity contribution in [3.05, 3.63) is 24.3 Å². The van der Waals surface area contributed by atoms with Gasteiger partial charge in [0.05, 0.1) is 6.54 Å². The van der Waals surface area contributed by atoms with Crippen molar-refractivity contribution in [2.75, 3.05) is 6.54 Å². The molecule has 0 fully saturated rings. The average molecular weight is 277 g/mol. The number of unbranched alkanes of at least 4 members (excludes halogenated alkanes) is 8. The van der Waals surface area contributed by atoms with Crippen molar-refractivity contribution >= 4 is 6.08 Å². The van der Waals surface area contributed by atoms with E-state index in [-0.39, 0.29) is 0 Å².